The number of primary sulfonamides is 1. The molecule has 4 rings (SSSR count). The second-order valence-corrected chi connectivity index (χ2v) is 8.61. The van der Waals surface area contributed by atoms with E-state index in [1.54, 1.807) is 42.3 Å². The zero-order chi connectivity index (χ0) is 21.3. The molecule has 0 bridgehead atoms. The number of nitrogens with one attached hydrogen (secondary N) is 1. The third kappa shape index (κ3) is 3.96. The zero-order valence-electron chi connectivity index (χ0n) is 16.2. The molecular weight excluding hydrogens is 400 g/mol. The molecule has 30 heavy (non-hydrogen) atoms. The molecule has 3 N–H and O–H groups in total. The molecule has 0 saturated heterocycles. The molecule has 1 aromatic heterocycles. The Hall–Kier alpha value is -3.49. The molecule has 1 heterocycles. The van der Waals surface area contributed by atoms with Gasteiger partial charge in [-0.3, -0.25) is 9.89 Å². The highest BCUT2D eigenvalue weighted by atomic mass is 32.2. The average molecular weight is 420 g/mol. The van der Waals surface area contributed by atoms with Gasteiger partial charge in [0.15, 0.2) is 0 Å². The SMILES string of the molecule is CN(Cc1ccccc1)C(=O)c1ccc2[nH]nc(-c3cccc(S(N)(=O)=O)c3)c2c1. The summed E-state index contributed by atoms with van der Waals surface area (Å²) in [5, 5.41) is 13.2. The predicted octanol–water partition coefficient (Wildman–Crippen LogP) is 3.15. The van der Waals surface area contributed by atoms with Gasteiger partial charge in [-0.15, -0.1) is 0 Å². The Morgan fingerprint density at radius 3 is 2.53 bits per heavy atom. The van der Waals surface area contributed by atoms with Crippen molar-refractivity contribution in [3.63, 3.8) is 0 Å². The fourth-order valence-electron chi connectivity index (χ4n) is 3.34. The van der Waals surface area contributed by atoms with Crippen molar-refractivity contribution in [1.29, 1.82) is 0 Å². The van der Waals surface area contributed by atoms with Crippen LogP contribution in [0.4, 0.5) is 0 Å². The predicted molar refractivity (Wildman–Crippen MR) is 115 cm³/mol. The molecule has 152 valence electrons. The lowest BCUT2D eigenvalue weighted by atomic mass is 10.0. The molecule has 0 aliphatic rings. The van der Waals surface area contributed by atoms with Crippen LogP contribution in [0.3, 0.4) is 0 Å². The van der Waals surface area contributed by atoms with Crippen LogP contribution in [0.1, 0.15) is 15.9 Å². The Morgan fingerprint density at radius 1 is 1.03 bits per heavy atom. The summed E-state index contributed by atoms with van der Waals surface area (Å²) in [7, 11) is -2.08. The van der Waals surface area contributed by atoms with Gasteiger partial charge in [-0.1, -0.05) is 42.5 Å². The van der Waals surface area contributed by atoms with Crippen LogP contribution in [0.2, 0.25) is 0 Å². The van der Waals surface area contributed by atoms with Gasteiger partial charge in [-0.05, 0) is 35.9 Å². The van der Waals surface area contributed by atoms with Crippen molar-refractivity contribution < 1.29 is 13.2 Å². The van der Waals surface area contributed by atoms with Crippen molar-refractivity contribution >= 4 is 26.8 Å². The van der Waals surface area contributed by atoms with E-state index in [4.69, 9.17) is 5.14 Å². The Labute approximate surface area is 174 Å². The molecule has 0 aliphatic carbocycles. The van der Waals surface area contributed by atoms with Crippen molar-refractivity contribution in [2.45, 2.75) is 11.4 Å². The van der Waals surface area contributed by atoms with E-state index in [9.17, 15) is 13.2 Å². The number of carbonyl (C=O) groups is 1. The van der Waals surface area contributed by atoms with E-state index in [-0.39, 0.29) is 10.8 Å². The summed E-state index contributed by atoms with van der Waals surface area (Å²) in [6.45, 7) is 0.492. The second-order valence-electron chi connectivity index (χ2n) is 7.05. The molecule has 0 spiro atoms. The van der Waals surface area contributed by atoms with Crippen LogP contribution < -0.4 is 5.14 Å². The number of nitrogens with two attached hydrogens (primary N) is 1. The number of hydrogen-bond donors (Lipinski definition) is 2. The maximum atomic E-state index is 12.9. The van der Waals surface area contributed by atoms with Crippen LogP contribution in [0.25, 0.3) is 22.2 Å². The van der Waals surface area contributed by atoms with Gasteiger partial charge < -0.3 is 4.90 Å². The van der Waals surface area contributed by atoms with Crippen LogP contribution in [-0.2, 0) is 16.6 Å². The van der Waals surface area contributed by atoms with Crippen molar-refractivity contribution in [1.82, 2.24) is 15.1 Å². The first-order valence-corrected chi connectivity index (χ1v) is 10.8. The summed E-state index contributed by atoms with van der Waals surface area (Å²) < 4.78 is 23.4. The number of carbonyl (C=O) groups excluding carboxylic acids is 1. The molecule has 3 aromatic carbocycles. The van der Waals surface area contributed by atoms with E-state index in [2.05, 4.69) is 10.2 Å². The quantitative estimate of drug-likeness (QED) is 0.517. The van der Waals surface area contributed by atoms with Crippen molar-refractivity contribution in [2.75, 3.05) is 7.05 Å². The third-order valence-corrected chi connectivity index (χ3v) is 5.77. The van der Waals surface area contributed by atoms with Gasteiger partial charge in [-0.2, -0.15) is 5.10 Å². The standard InChI is InChI=1S/C22H20N4O3S/c1-26(14-15-6-3-2-4-7-15)22(27)17-10-11-20-19(13-17)21(25-24-20)16-8-5-9-18(12-16)30(23,28)29/h2-13H,14H2,1H3,(H,24,25)(H2,23,28,29). The highest BCUT2D eigenvalue weighted by Gasteiger charge is 2.17. The van der Waals surface area contributed by atoms with Crippen LogP contribution in [0.5, 0.6) is 0 Å². The highest BCUT2D eigenvalue weighted by Crippen LogP contribution is 2.28. The molecule has 0 unspecified atom stereocenters. The highest BCUT2D eigenvalue weighted by molar-refractivity contribution is 7.89. The number of aromatic amines is 1. The number of sulfonamides is 1. The van der Waals surface area contributed by atoms with Crippen LogP contribution in [0, 0.1) is 0 Å². The number of aromatic nitrogens is 2. The van der Waals surface area contributed by atoms with Crippen molar-refractivity contribution in [3.8, 4) is 11.3 Å². The van der Waals surface area contributed by atoms with E-state index in [1.807, 2.05) is 30.3 Å². The minimum atomic E-state index is -3.83. The smallest absolute Gasteiger partial charge is 0.253 e. The summed E-state index contributed by atoms with van der Waals surface area (Å²) in [5.74, 6) is -0.119. The van der Waals surface area contributed by atoms with Crippen LogP contribution in [-0.4, -0.2) is 36.5 Å². The van der Waals surface area contributed by atoms with E-state index in [0.717, 1.165) is 16.5 Å². The first-order valence-electron chi connectivity index (χ1n) is 9.24. The van der Waals surface area contributed by atoms with Gasteiger partial charge in [-0.25, -0.2) is 13.6 Å². The number of hydrogen-bond acceptors (Lipinski definition) is 4. The average Bonchev–Trinajstić information content (AvgIpc) is 3.16. The molecule has 8 heteroatoms. The number of nitrogens with zero attached hydrogens (tertiary/aromatic N) is 2. The summed E-state index contributed by atoms with van der Waals surface area (Å²) in [4.78, 5) is 14.6. The Balaban J connectivity index is 1.69. The van der Waals surface area contributed by atoms with Gasteiger partial charge in [0.05, 0.1) is 16.1 Å². The molecule has 0 radical (unpaired) electrons. The number of amides is 1. The van der Waals surface area contributed by atoms with Gasteiger partial charge in [0, 0.05) is 30.1 Å². The van der Waals surface area contributed by atoms with Crippen molar-refractivity contribution in [2.24, 2.45) is 5.14 Å². The van der Waals surface area contributed by atoms with Crippen LogP contribution >= 0.6 is 0 Å². The lowest BCUT2D eigenvalue weighted by Gasteiger charge is -2.17. The van der Waals surface area contributed by atoms with Gasteiger partial charge in [0.1, 0.15) is 0 Å². The number of fused-ring (bicyclic) bond motifs is 1. The fraction of sp³-hybridized carbons (Fsp3) is 0.0909. The molecule has 1 amide bonds. The summed E-state index contributed by atoms with van der Waals surface area (Å²) >= 11 is 0. The second kappa shape index (κ2) is 7.74. The zero-order valence-corrected chi connectivity index (χ0v) is 17.1. The van der Waals surface area contributed by atoms with Crippen molar-refractivity contribution in [3.05, 3.63) is 83.9 Å². The topological polar surface area (TPSA) is 109 Å². The molecule has 0 aliphatic heterocycles. The normalized spacial score (nSPS) is 11.5. The fourth-order valence-corrected chi connectivity index (χ4v) is 3.90. The van der Waals surface area contributed by atoms with Crippen LogP contribution in [0.15, 0.2) is 77.7 Å². The lowest BCUT2D eigenvalue weighted by molar-refractivity contribution is 0.0785. The molecule has 0 atom stereocenters. The maximum absolute atomic E-state index is 12.9. The van der Waals surface area contributed by atoms with E-state index < -0.39 is 10.0 Å². The van der Waals surface area contributed by atoms with Gasteiger partial charge in [0.2, 0.25) is 10.0 Å². The number of rotatable bonds is 5. The maximum Gasteiger partial charge on any atom is 0.253 e. The van der Waals surface area contributed by atoms with E-state index in [0.29, 0.717) is 23.4 Å². The summed E-state index contributed by atoms with van der Waals surface area (Å²) in [5.41, 5.74) is 3.45. The first kappa shape index (κ1) is 19.8. The monoisotopic (exact) mass is 420 g/mol. The Morgan fingerprint density at radius 2 is 1.80 bits per heavy atom. The minimum Gasteiger partial charge on any atom is -0.337 e. The molecule has 4 aromatic rings. The number of benzene rings is 3. The molecular formula is C22H20N4O3S. The van der Waals surface area contributed by atoms with Gasteiger partial charge in [0.25, 0.3) is 5.91 Å². The summed E-state index contributed by atoms with van der Waals surface area (Å²) in [6.07, 6.45) is 0. The Kier molecular flexibility index (Phi) is 5.11. The first-order chi connectivity index (χ1) is 14.3. The molecule has 0 fully saturated rings. The lowest BCUT2D eigenvalue weighted by Crippen LogP contribution is -2.26. The Bertz CT molecular complexity index is 1330. The minimum absolute atomic E-state index is 0.00553. The molecule has 0 saturated carbocycles. The molecule has 7 nitrogen and oxygen atoms in total. The largest absolute Gasteiger partial charge is 0.337 e. The van der Waals surface area contributed by atoms with Gasteiger partial charge >= 0.3 is 0 Å². The van der Waals surface area contributed by atoms with E-state index in [1.165, 1.54) is 12.1 Å². The summed E-state index contributed by atoms with van der Waals surface area (Å²) in [6, 6.07) is 21.3. The van der Waals surface area contributed by atoms with E-state index >= 15 is 0 Å². The number of H-pyrrole nitrogens is 1. The third-order valence-electron chi connectivity index (χ3n) is 4.86.